The van der Waals surface area contributed by atoms with Gasteiger partial charge in [-0.05, 0) is 142 Å². The van der Waals surface area contributed by atoms with Crippen molar-refractivity contribution >= 4 is 138 Å². The Bertz CT molecular complexity index is 3910. The van der Waals surface area contributed by atoms with Crippen molar-refractivity contribution in [3.8, 4) is 44.5 Å². The Balaban J connectivity index is 1.29. The molecule has 0 saturated carbocycles. The van der Waals surface area contributed by atoms with Gasteiger partial charge in [0.2, 0.25) is 0 Å². The van der Waals surface area contributed by atoms with Gasteiger partial charge >= 0.3 is 0 Å². The maximum Gasteiger partial charge on any atom is 0.165 e. The molecule has 0 fully saturated rings. The maximum absolute atomic E-state index is 6.63. The summed E-state index contributed by atoms with van der Waals surface area (Å²) in [7, 11) is 0. The minimum Gasteiger partial charge on any atom is -0.324 e. The molecule has 16 heteroatoms. The number of rotatable bonds is 8. The largest absolute Gasteiger partial charge is 0.324 e. The van der Waals surface area contributed by atoms with Gasteiger partial charge in [0.1, 0.15) is 22.6 Å². The summed E-state index contributed by atoms with van der Waals surface area (Å²) >= 11 is 53.0. The molecule has 0 amide bonds. The van der Waals surface area contributed by atoms with Crippen LogP contribution in [0.5, 0.6) is 0 Å². The zero-order valence-electron chi connectivity index (χ0n) is 41.2. The van der Waals surface area contributed by atoms with Gasteiger partial charge in [0, 0.05) is 84.7 Å². The van der Waals surface area contributed by atoms with E-state index in [1.807, 2.05) is 194 Å². The van der Waals surface area contributed by atoms with E-state index in [-0.39, 0.29) is 0 Å². The summed E-state index contributed by atoms with van der Waals surface area (Å²) < 4.78 is 0. The second-order valence-electron chi connectivity index (χ2n) is 18.7. The summed E-state index contributed by atoms with van der Waals surface area (Å²) in [5.41, 5.74) is 13.3. The molecule has 386 valence electrons. The van der Waals surface area contributed by atoms with E-state index in [4.69, 9.17) is 123 Å². The van der Waals surface area contributed by atoms with Gasteiger partial charge in [-0.15, -0.1) is 0 Å². The maximum atomic E-state index is 6.63. The number of hydrogen-bond acceptors (Lipinski definition) is 6. The molecule has 8 nitrogen and oxygen atoms in total. The highest BCUT2D eigenvalue weighted by Crippen LogP contribution is 2.46. The fourth-order valence-corrected chi connectivity index (χ4v) is 11.1. The van der Waals surface area contributed by atoms with E-state index >= 15 is 0 Å². The van der Waals surface area contributed by atoms with E-state index in [0.717, 1.165) is 44.5 Å². The highest BCUT2D eigenvalue weighted by molar-refractivity contribution is 6.33. The molecule has 2 aliphatic heterocycles. The molecule has 0 saturated heterocycles. The summed E-state index contributed by atoms with van der Waals surface area (Å²) in [5.74, 6) is 1.32. The number of hydrogen-bond donors (Lipinski definition) is 2. The molecule has 2 aliphatic rings. The highest BCUT2D eigenvalue weighted by Gasteiger charge is 2.31. The Kier molecular flexibility index (Phi) is 13.9. The topological polar surface area (TPSA) is 109 Å². The Morgan fingerprint density at radius 1 is 0.188 bits per heavy atom. The first-order valence-corrected chi connectivity index (χ1v) is 27.8. The van der Waals surface area contributed by atoms with Crippen molar-refractivity contribution in [2.24, 2.45) is 0 Å². The van der Waals surface area contributed by atoms with E-state index in [2.05, 4.69) is 9.97 Å². The van der Waals surface area contributed by atoms with Crippen molar-refractivity contribution < 1.29 is 0 Å². The van der Waals surface area contributed by atoms with Crippen LogP contribution in [0.2, 0.25) is 40.2 Å². The summed E-state index contributed by atoms with van der Waals surface area (Å²) in [5, 5.41) is 4.41. The summed E-state index contributed by atoms with van der Waals surface area (Å²) in [4.78, 5) is 40.7. The smallest absolute Gasteiger partial charge is 0.165 e. The Morgan fingerprint density at radius 3 is 0.500 bits per heavy atom. The van der Waals surface area contributed by atoms with Crippen molar-refractivity contribution in [3.05, 3.63) is 280 Å². The molecule has 13 rings (SSSR count). The van der Waals surface area contributed by atoms with Crippen LogP contribution in [-0.4, -0.2) is 39.9 Å². The van der Waals surface area contributed by atoms with Crippen molar-refractivity contribution in [1.29, 1.82) is 0 Å². The molecule has 11 aromatic rings. The number of nitrogens with zero attached hydrogens (tertiary/aromatic N) is 6. The van der Waals surface area contributed by atoms with Crippen molar-refractivity contribution in [2.45, 2.75) is 0 Å². The van der Waals surface area contributed by atoms with E-state index in [1.165, 1.54) is 0 Å². The van der Waals surface area contributed by atoms with Crippen LogP contribution >= 0.6 is 92.8 Å². The molecule has 0 radical (unpaired) electrons. The van der Waals surface area contributed by atoms with Gasteiger partial charge in [0.15, 0.2) is 23.3 Å². The summed E-state index contributed by atoms with van der Waals surface area (Å²) in [6.07, 6.45) is 0. The minimum atomic E-state index is 0.330. The van der Waals surface area contributed by atoms with E-state index < -0.39 is 0 Å². The van der Waals surface area contributed by atoms with Crippen molar-refractivity contribution in [3.63, 3.8) is 0 Å². The molecule has 0 unspecified atom stereocenters. The van der Waals surface area contributed by atoms with E-state index in [9.17, 15) is 0 Å². The van der Waals surface area contributed by atoms with Crippen LogP contribution in [0.15, 0.2) is 194 Å². The predicted molar refractivity (Wildman–Crippen MR) is 330 cm³/mol. The monoisotopic (exact) mass is 1190 g/mol. The second kappa shape index (κ2) is 21.5. The fourth-order valence-electron chi connectivity index (χ4n) is 10.1. The van der Waals surface area contributed by atoms with Crippen LogP contribution < -0.4 is 0 Å². The third-order valence-corrected chi connectivity index (χ3v) is 15.7. The number of benzene rings is 8. The molecule has 8 bridgehead atoms. The van der Waals surface area contributed by atoms with Crippen molar-refractivity contribution in [1.82, 2.24) is 39.9 Å². The van der Waals surface area contributed by atoms with Crippen LogP contribution in [0.3, 0.4) is 0 Å². The molecule has 8 aromatic carbocycles. The van der Waals surface area contributed by atoms with Gasteiger partial charge in [-0.2, -0.15) is 0 Å². The molecule has 3 aromatic heterocycles. The average molecular weight is 1200 g/mol. The van der Waals surface area contributed by atoms with Crippen LogP contribution in [0, 0.1) is 0 Å². The molecular weight excluding hydrogens is 1160 g/mol. The van der Waals surface area contributed by atoms with Gasteiger partial charge in [0.25, 0.3) is 0 Å². The standard InChI is InChI=1S/C64H34Cl8N8/c65-41-17-1-33(2-18-41)49-50(34-3-19-42(66)20-4-34)58-73-57(49)77-59-51(35-5-21-43(67)22-6-35)52(36-7-23-44(68)24-8-36)61(74-59)79-63-55(39-13-29-47(71)30-14-39)56(40-15-31-48(72)32-16-40)64(76-63)80-62-54(38-11-27-46(70)28-12-38)53(60(75-62)78-58)37-9-25-45(69)26-10-37/h1-32H,(H2,73,74,75,76,77,78,79,80). The first kappa shape index (κ1) is 51.8. The van der Waals surface area contributed by atoms with Crippen molar-refractivity contribution in [2.75, 3.05) is 0 Å². The number of aromatic nitrogens is 8. The summed E-state index contributed by atoms with van der Waals surface area (Å²) in [6.45, 7) is 0. The van der Waals surface area contributed by atoms with Gasteiger partial charge < -0.3 is 9.97 Å². The van der Waals surface area contributed by atoms with Gasteiger partial charge in [-0.1, -0.05) is 190 Å². The highest BCUT2D eigenvalue weighted by atomic mass is 35.5. The molecule has 2 N–H and O–H groups in total. The molecular formula is C64H34Cl8N8. The van der Waals surface area contributed by atoms with Crippen LogP contribution in [0.4, 0.5) is 0 Å². The van der Waals surface area contributed by atoms with Crippen LogP contribution in [-0.2, 0) is 0 Å². The van der Waals surface area contributed by atoms with Crippen LogP contribution in [0.1, 0.15) is 45.6 Å². The summed E-state index contributed by atoms with van der Waals surface area (Å²) in [6, 6.07) is 60.5. The number of halogens is 8. The molecule has 80 heavy (non-hydrogen) atoms. The SMILES string of the molecule is Clc1ccc(C2=C(c3ccc(Cl)cc3)c3nc2nc2[nH]c(nc4nc(nc5[nH]c(n3)c(-c3ccc(Cl)cc3)c5-c3ccc(Cl)cc3)C(c3ccc(Cl)cc3)=C4c3ccc(Cl)cc3)c(-c3ccc(Cl)cc3)c2-c2ccc(Cl)cc2)cc1. The predicted octanol–water partition coefficient (Wildman–Crippen LogP) is 19.8. The number of nitrogens with one attached hydrogen (secondary N) is 2. The Hall–Kier alpha value is -7.60. The average Bonchev–Trinajstić information content (AvgIpc) is 4.24. The Morgan fingerprint density at radius 2 is 0.338 bits per heavy atom. The molecule has 5 heterocycles. The van der Waals surface area contributed by atoms with Gasteiger partial charge in [-0.25, -0.2) is 29.9 Å². The van der Waals surface area contributed by atoms with E-state index in [0.29, 0.717) is 131 Å². The normalized spacial score (nSPS) is 12.4. The van der Waals surface area contributed by atoms with Crippen LogP contribution in [0.25, 0.3) is 89.4 Å². The molecule has 0 aliphatic carbocycles. The molecule has 0 spiro atoms. The lowest BCUT2D eigenvalue weighted by Crippen LogP contribution is -1.94. The molecule has 0 atom stereocenters. The number of H-pyrrole nitrogens is 2. The van der Waals surface area contributed by atoms with Gasteiger partial charge in [0.05, 0.1) is 0 Å². The fraction of sp³-hybridized carbons (Fsp3) is 0. The zero-order chi connectivity index (χ0) is 54.8. The number of aromatic amines is 2. The minimum absolute atomic E-state index is 0.330. The lowest BCUT2D eigenvalue weighted by Gasteiger charge is -2.10. The number of fused-ring (bicyclic) bond motifs is 8. The first-order valence-electron chi connectivity index (χ1n) is 24.8. The lowest BCUT2D eigenvalue weighted by molar-refractivity contribution is 1.10. The zero-order valence-corrected chi connectivity index (χ0v) is 47.2. The quantitative estimate of drug-likeness (QED) is 0.157. The third kappa shape index (κ3) is 9.97. The lowest BCUT2D eigenvalue weighted by atomic mass is 9.95. The van der Waals surface area contributed by atoms with Gasteiger partial charge in [-0.3, -0.25) is 0 Å². The second-order valence-corrected chi connectivity index (χ2v) is 22.2. The third-order valence-electron chi connectivity index (χ3n) is 13.7. The van der Waals surface area contributed by atoms with E-state index in [1.54, 1.807) is 0 Å². The first-order chi connectivity index (χ1) is 38.9. The Labute approximate surface area is 498 Å².